The fraction of sp³-hybridized carbons (Fsp3) is 0.172. The number of carbonyl (C=O) groups excluding carboxylic acids is 1. The van der Waals surface area contributed by atoms with E-state index in [2.05, 4.69) is 15.5 Å². The van der Waals surface area contributed by atoms with Crippen molar-refractivity contribution < 1.29 is 23.7 Å². The first-order valence-electron chi connectivity index (χ1n) is 12.1. The molecule has 1 aromatic heterocycles. The molecule has 4 aromatic rings. The van der Waals surface area contributed by atoms with Crippen LogP contribution in [0.15, 0.2) is 78.4 Å². The van der Waals surface area contributed by atoms with Gasteiger partial charge in [-0.05, 0) is 55.0 Å². The van der Waals surface area contributed by atoms with Crippen molar-refractivity contribution in [2.75, 3.05) is 32.2 Å². The van der Waals surface area contributed by atoms with Gasteiger partial charge in [-0.1, -0.05) is 47.7 Å². The van der Waals surface area contributed by atoms with Gasteiger partial charge in [0, 0.05) is 5.56 Å². The fourth-order valence-corrected chi connectivity index (χ4v) is 4.18. The Balaban J connectivity index is 1.38. The van der Waals surface area contributed by atoms with Gasteiger partial charge in [-0.15, -0.1) is 10.2 Å². The lowest BCUT2D eigenvalue weighted by molar-refractivity contribution is -0.112. The minimum Gasteiger partial charge on any atom is -0.497 e. The van der Waals surface area contributed by atoms with Crippen molar-refractivity contribution in [1.82, 2.24) is 10.2 Å². The molecule has 1 amide bonds. The van der Waals surface area contributed by atoms with Crippen molar-refractivity contribution >= 4 is 28.5 Å². The lowest BCUT2D eigenvalue weighted by Crippen LogP contribution is -2.13. The van der Waals surface area contributed by atoms with Crippen LogP contribution in [0.1, 0.15) is 12.5 Å². The average Bonchev–Trinajstić information content (AvgIpc) is 3.44. The molecule has 0 aliphatic carbocycles. The molecular formula is C29H26N4O5S. The average molecular weight is 543 g/mol. The molecule has 1 N–H and O–H groups in total. The zero-order chi connectivity index (χ0) is 27.5. The summed E-state index contributed by atoms with van der Waals surface area (Å²) in [5, 5.41) is 21.4. The highest BCUT2D eigenvalue weighted by atomic mass is 32.1. The SMILES string of the molecule is CCOc1cc(C=C(C#N)C(=O)Nc2nnc(-c3ccccc3)s2)ccc1OCCOc1ccc(OC)cc1. The van der Waals surface area contributed by atoms with E-state index in [1.54, 1.807) is 25.3 Å². The molecule has 198 valence electrons. The number of nitrogens with one attached hydrogen (secondary N) is 1. The molecule has 0 saturated heterocycles. The number of amides is 1. The Bertz CT molecular complexity index is 1460. The fourth-order valence-electron chi connectivity index (χ4n) is 3.44. The smallest absolute Gasteiger partial charge is 0.268 e. The summed E-state index contributed by atoms with van der Waals surface area (Å²) in [6, 6.07) is 23.9. The van der Waals surface area contributed by atoms with E-state index < -0.39 is 5.91 Å². The van der Waals surface area contributed by atoms with E-state index in [0.717, 1.165) is 11.3 Å². The van der Waals surface area contributed by atoms with E-state index in [1.807, 2.05) is 67.6 Å². The summed E-state index contributed by atoms with van der Waals surface area (Å²) in [4.78, 5) is 12.8. The van der Waals surface area contributed by atoms with Gasteiger partial charge in [0.15, 0.2) is 11.5 Å². The molecule has 10 heteroatoms. The monoisotopic (exact) mass is 542 g/mol. The normalized spacial score (nSPS) is 10.8. The molecule has 4 rings (SSSR count). The molecule has 0 fully saturated rings. The molecule has 0 radical (unpaired) electrons. The van der Waals surface area contributed by atoms with Crippen LogP contribution in [0.2, 0.25) is 0 Å². The topological polar surface area (TPSA) is 116 Å². The second-order valence-electron chi connectivity index (χ2n) is 7.91. The molecule has 3 aromatic carbocycles. The van der Waals surface area contributed by atoms with Gasteiger partial charge in [-0.25, -0.2) is 0 Å². The first-order chi connectivity index (χ1) is 19.1. The summed E-state index contributed by atoms with van der Waals surface area (Å²) in [6.45, 7) is 2.90. The Hall–Kier alpha value is -4.88. The highest BCUT2D eigenvalue weighted by Crippen LogP contribution is 2.30. The zero-order valence-electron chi connectivity index (χ0n) is 21.4. The number of hydrogen-bond acceptors (Lipinski definition) is 9. The van der Waals surface area contributed by atoms with Gasteiger partial charge in [0.1, 0.15) is 41.4 Å². The standard InChI is InChI=1S/C29H26N4O5S/c1-3-36-26-18-20(9-14-25(26)38-16-15-37-24-12-10-23(35-2)11-13-24)17-22(19-30)27(34)31-29-33-32-28(39-29)21-7-5-4-6-8-21/h4-14,17-18H,3,15-16H2,1-2H3,(H,31,33,34). The summed E-state index contributed by atoms with van der Waals surface area (Å²) >= 11 is 1.23. The van der Waals surface area contributed by atoms with E-state index in [4.69, 9.17) is 18.9 Å². The molecule has 0 atom stereocenters. The second kappa shape index (κ2) is 13.6. The van der Waals surface area contributed by atoms with Crippen molar-refractivity contribution in [2.45, 2.75) is 6.92 Å². The Morgan fingerprint density at radius 3 is 2.41 bits per heavy atom. The van der Waals surface area contributed by atoms with E-state index in [-0.39, 0.29) is 5.57 Å². The lowest BCUT2D eigenvalue weighted by atomic mass is 10.1. The predicted octanol–water partition coefficient (Wildman–Crippen LogP) is 5.62. The highest BCUT2D eigenvalue weighted by Gasteiger charge is 2.14. The Morgan fingerprint density at radius 2 is 1.69 bits per heavy atom. The van der Waals surface area contributed by atoms with Crippen LogP contribution in [-0.2, 0) is 4.79 Å². The third-order valence-electron chi connectivity index (χ3n) is 5.28. The number of hydrogen-bond donors (Lipinski definition) is 1. The zero-order valence-corrected chi connectivity index (χ0v) is 22.2. The van der Waals surface area contributed by atoms with Crippen molar-refractivity contribution in [3.63, 3.8) is 0 Å². The van der Waals surface area contributed by atoms with E-state index in [0.29, 0.717) is 52.8 Å². The van der Waals surface area contributed by atoms with Crippen LogP contribution in [0, 0.1) is 11.3 Å². The van der Waals surface area contributed by atoms with Gasteiger partial charge >= 0.3 is 0 Å². The molecule has 0 aliphatic rings. The first kappa shape index (κ1) is 27.2. The van der Waals surface area contributed by atoms with E-state index in [9.17, 15) is 10.1 Å². The van der Waals surface area contributed by atoms with Gasteiger partial charge in [-0.3, -0.25) is 10.1 Å². The van der Waals surface area contributed by atoms with Crippen molar-refractivity contribution in [3.05, 3.63) is 83.9 Å². The van der Waals surface area contributed by atoms with Crippen molar-refractivity contribution in [1.29, 1.82) is 5.26 Å². The number of nitriles is 1. The van der Waals surface area contributed by atoms with Gasteiger partial charge < -0.3 is 18.9 Å². The molecule has 9 nitrogen and oxygen atoms in total. The van der Waals surface area contributed by atoms with Crippen LogP contribution >= 0.6 is 11.3 Å². The van der Waals surface area contributed by atoms with Gasteiger partial charge in [0.2, 0.25) is 5.13 Å². The summed E-state index contributed by atoms with van der Waals surface area (Å²) in [6.07, 6.45) is 1.48. The van der Waals surface area contributed by atoms with E-state index in [1.165, 1.54) is 17.4 Å². The third kappa shape index (κ3) is 7.56. The first-order valence-corrected chi connectivity index (χ1v) is 12.9. The van der Waals surface area contributed by atoms with Gasteiger partial charge in [0.05, 0.1) is 13.7 Å². The maximum Gasteiger partial charge on any atom is 0.268 e. The molecular weight excluding hydrogens is 516 g/mol. The summed E-state index contributed by atoms with van der Waals surface area (Å²) in [5.74, 6) is 1.89. The Kier molecular flexibility index (Phi) is 9.47. The minimum atomic E-state index is -0.581. The molecule has 0 spiro atoms. The number of ether oxygens (including phenoxy) is 4. The van der Waals surface area contributed by atoms with Crippen LogP contribution in [0.25, 0.3) is 16.6 Å². The van der Waals surface area contributed by atoms with E-state index >= 15 is 0 Å². The minimum absolute atomic E-state index is 0.0875. The molecule has 1 heterocycles. The summed E-state index contributed by atoms with van der Waals surface area (Å²) in [5.41, 5.74) is 1.41. The third-order valence-corrected chi connectivity index (χ3v) is 6.17. The number of nitrogens with zero attached hydrogens (tertiary/aromatic N) is 3. The maximum absolute atomic E-state index is 12.8. The van der Waals surface area contributed by atoms with Crippen molar-refractivity contribution in [2.24, 2.45) is 0 Å². The number of carbonyl (C=O) groups is 1. The molecule has 39 heavy (non-hydrogen) atoms. The highest BCUT2D eigenvalue weighted by molar-refractivity contribution is 7.18. The predicted molar refractivity (Wildman–Crippen MR) is 149 cm³/mol. The number of rotatable bonds is 12. The summed E-state index contributed by atoms with van der Waals surface area (Å²) in [7, 11) is 1.61. The number of aromatic nitrogens is 2. The van der Waals surface area contributed by atoms with Crippen LogP contribution in [-0.4, -0.2) is 43.0 Å². The largest absolute Gasteiger partial charge is 0.497 e. The number of anilines is 1. The molecule has 0 unspecified atom stereocenters. The van der Waals surface area contributed by atoms with Gasteiger partial charge in [0.25, 0.3) is 5.91 Å². The van der Waals surface area contributed by atoms with Crippen LogP contribution in [0.5, 0.6) is 23.0 Å². The van der Waals surface area contributed by atoms with Crippen LogP contribution in [0.3, 0.4) is 0 Å². The van der Waals surface area contributed by atoms with Gasteiger partial charge in [-0.2, -0.15) is 5.26 Å². The summed E-state index contributed by atoms with van der Waals surface area (Å²) < 4.78 is 22.4. The Labute approximate surface area is 230 Å². The maximum atomic E-state index is 12.8. The molecule has 0 aliphatic heterocycles. The lowest BCUT2D eigenvalue weighted by Gasteiger charge is -2.13. The molecule has 0 bridgehead atoms. The quantitative estimate of drug-likeness (QED) is 0.139. The number of benzene rings is 3. The second-order valence-corrected chi connectivity index (χ2v) is 8.89. The molecule has 0 saturated carbocycles. The van der Waals surface area contributed by atoms with Crippen LogP contribution in [0.4, 0.5) is 5.13 Å². The Morgan fingerprint density at radius 1 is 0.949 bits per heavy atom. The van der Waals surface area contributed by atoms with Crippen molar-refractivity contribution in [3.8, 4) is 39.6 Å². The number of methoxy groups -OCH3 is 1. The van der Waals surface area contributed by atoms with Crippen LogP contribution < -0.4 is 24.3 Å².